The van der Waals surface area contributed by atoms with Gasteiger partial charge in [0.25, 0.3) is 11.8 Å². The Hall–Kier alpha value is -3.66. The van der Waals surface area contributed by atoms with Crippen molar-refractivity contribution in [3.8, 4) is 0 Å². The van der Waals surface area contributed by atoms with E-state index in [2.05, 4.69) is 20.8 Å². The molecular weight excluding hydrogens is 457 g/mol. The van der Waals surface area contributed by atoms with Gasteiger partial charge < -0.3 is 15.5 Å². The first-order chi connectivity index (χ1) is 16.4. The molecule has 0 saturated carbocycles. The largest absolute Gasteiger partial charge is 0.349 e. The van der Waals surface area contributed by atoms with Gasteiger partial charge >= 0.3 is 0 Å². The van der Waals surface area contributed by atoms with Crippen LogP contribution < -0.4 is 10.6 Å². The van der Waals surface area contributed by atoms with Crippen LogP contribution in [0.5, 0.6) is 0 Å². The van der Waals surface area contributed by atoms with Gasteiger partial charge in [0.1, 0.15) is 5.82 Å². The van der Waals surface area contributed by atoms with Crippen LogP contribution in [0.2, 0.25) is 0 Å². The highest BCUT2D eigenvalue weighted by atomic mass is 32.1. The maximum Gasteiger partial charge on any atom is 0.286 e. The third kappa shape index (κ3) is 5.63. The van der Waals surface area contributed by atoms with Gasteiger partial charge in [-0.05, 0) is 49.6 Å². The van der Waals surface area contributed by atoms with E-state index in [-0.39, 0.29) is 33.8 Å². The van der Waals surface area contributed by atoms with Gasteiger partial charge in [-0.25, -0.2) is 4.39 Å². The molecule has 1 atom stereocenters. The van der Waals surface area contributed by atoms with Crippen LogP contribution in [0.4, 0.5) is 10.1 Å². The summed E-state index contributed by atoms with van der Waals surface area (Å²) in [6.45, 7) is 2.80. The van der Waals surface area contributed by atoms with Crippen molar-refractivity contribution in [3.63, 3.8) is 0 Å². The molecule has 0 radical (unpaired) electrons. The average Bonchev–Trinajstić information content (AvgIpc) is 3.36. The first-order valence-corrected chi connectivity index (χ1v) is 11.8. The number of carbonyl (C=O) groups excluding carboxylic acids is 3. The van der Waals surface area contributed by atoms with Crippen molar-refractivity contribution in [1.82, 2.24) is 20.4 Å². The summed E-state index contributed by atoms with van der Waals surface area (Å²) in [5.41, 5.74) is 1.45. The molecule has 2 aromatic carbocycles. The summed E-state index contributed by atoms with van der Waals surface area (Å²) in [6.07, 6.45) is 1.10. The minimum atomic E-state index is -0.522. The molecule has 0 bridgehead atoms. The SMILES string of the molecule is C[C@H](NC(=O)C1CCN(C(=O)c2nnc(C(=O)Nc3ccc(F)cc3)s2)CC1)c1ccccc1. The molecule has 1 aliphatic heterocycles. The van der Waals surface area contributed by atoms with Crippen molar-refractivity contribution in [1.29, 1.82) is 0 Å². The van der Waals surface area contributed by atoms with Gasteiger partial charge in [0.05, 0.1) is 6.04 Å². The zero-order chi connectivity index (χ0) is 24.1. The van der Waals surface area contributed by atoms with Gasteiger partial charge in [-0.1, -0.05) is 41.7 Å². The number of hydrogen-bond acceptors (Lipinski definition) is 6. The zero-order valence-electron chi connectivity index (χ0n) is 18.5. The highest BCUT2D eigenvalue weighted by Crippen LogP contribution is 2.22. The summed E-state index contributed by atoms with van der Waals surface area (Å²) < 4.78 is 13.0. The Bertz CT molecular complexity index is 1160. The number of rotatable bonds is 6. The zero-order valence-corrected chi connectivity index (χ0v) is 19.3. The maximum atomic E-state index is 13.0. The van der Waals surface area contributed by atoms with Crippen LogP contribution in [0.1, 0.15) is 51.0 Å². The number of anilines is 1. The molecule has 34 heavy (non-hydrogen) atoms. The molecule has 3 aromatic rings. The van der Waals surface area contributed by atoms with Gasteiger partial charge in [-0.2, -0.15) is 0 Å². The van der Waals surface area contributed by atoms with E-state index in [1.54, 1.807) is 4.90 Å². The van der Waals surface area contributed by atoms with E-state index in [1.807, 2.05) is 37.3 Å². The number of benzene rings is 2. The first kappa shape index (κ1) is 23.5. The van der Waals surface area contributed by atoms with Crippen LogP contribution in [0.15, 0.2) is 54.6 Å². The maximum absolute atomic E-state index is 13.0. The van der Waals surface area contributed by atoms with E-state index >= 15 is 0 Å². The predicted octanol–water partition coefficient (Wildman–Crippen LogP) is 3.66. The van der Waals surface area contributed by atoms with E-state index in [9.17, 15) is 18.8 Å². The van der Waals surface area contributed by atoms with E-state index in [4.69, 9.17) is 0 Å². The number of likely N-dealkylation sites (tertiary alicyclic amines) is 1. The number of nitrogens with zero attached hydrogens (tertiary/aromatic N) is 3. The van der Waals surface area contributed by atoms with Crippen molar-refractivity contribution in [2.75, 3.05) is 18.4 Å². The molecular formula is C24H24FN5O3S. The van der Waals surface area contributed by atoms with Crippen LogP contribution in [0.25, 0.3) is 0 Å². The van der Waals surface area contributed by atoms with Crippen LogP contribution in [-0.2, 0) is 4.79 Å². The molecule has 1 saturated heterocycles. The molecule has 1 fully saturated rings. The Kier molecular flexibility index (Phi) is 7.27. The summed E-state index contributed by atoms with van der Waals surface area (Å²) in [5, 5.41) is 13.5. The van der Waals surface area contributed by atoms with E-state index in [1.165, 1.54) is 24.3 Å². The summed E-state index contributed by atoms with van der Waals surface area (Å²) in [6, 6.07) is 15.0. The van der Waals surface area contributed by atoms with Gasteiger partial charge in [0, 0.05) is 24.7 Å². The summed E-state index contributed by atoms with van der Waals surface area (Å²) in [4.78, 5) is 39.5. The number of piperidine rings is 1. The lowest BCUT2D eigenvalue weighted by molar-refractivity contribution is -0.127. The fourth-order valence-corrected chi connectivity index (χ4v) is 4.46. The summed E-state index contributed by atoms with van der Waals surface area (Å²) in [5.74, 6) is -1.42. The fraction of sp³-hybridized carbons (Fsp3) is 0.292. The number of amides is 3. The van der Waals surface area contributed by atoms with Gasteiger partial charge in [-0.3, -0.25) is 14.4 Å². The lowest BCUT2D eigenvalue weighted by Crippen LogP contribution is -2.43. The number of hydrogen-bond donors (Lipinski definition) is 2. The van der Waals surface area contributed by atoms with Crippen molar-refractivity contribution in [3.05, 3.63) is 76.0 Å². The number of aromatic nitrogens is 2. The molecule has 1 aromatic heterocycles. The predicted molar refractivity (Wildman–Crippen MR) is 126 cm³/mol. The van der Waals surface area contributed by atoms with Crippen molar-refractivity contribution >= 4 is 34.7 Å². The third-order valence-corrected chi connectivity index (χ3v) is 6.63. The number of nitrogens with one attached hydrogen (secondary N) is 2. The summed E-state index contributed by atoms with van der Waals surface area (Å²) >= 11 is 0.899. The minimum absolute atomic E-state index is 0.0147. The second-order valence-corrected chi connectivity index (χ2v) is 9.06. The smallest absolute Gasteiger partial charge is 0.286 e. The van der Waals surface area contributed by atoms with Crippen molar-refractivity contribution in [2.45, 2.75) is 25.8 Å². The normalized spacial score (nSPS) is 14.9. The molecule has 176 valence electrons. The first-order valence-electron chi connectivity index (χ1n) is 11.0. The topological polar surface area (TPSA) is 104 Å². The van der Waals surface area contributed by atoms with Gasteiger partial charge in [0.2, 0.25) is 15.9 Å². The lowest BCUT2D eigenvalue weighted by Gasteiger charge is -2.31. The molecule has 0 aliphatic carbocycles. The van der Waals surface area contributed by atoms with Crippen LogP contribution in [0, 0.1) is 11.7 Å². The number of halogens is 1. The van der Waals surface area contributed by atoms with E-state index < -0.39 is 11.7 Å². The Morgan fingerprint density at radius 2 is 1.65 bits per heavy atom. The van der Waals surface area contributed by atoms with Crippen molar-refractivity contribution in [2.24, 2.45) is 5.92 Å². The minimum Gasteiger partial charge on any atom is -0.349 e. The van der Waals surface area contributed by atoms with Crippen LogP contribution in [0.3, 0.4) is 0 Å². The fourth-order valence-electron chi connectivity index (χ4n) is 3.76. The standard InChI is InChI=1S/C24H24FN5O3S/c1-15(16-5-3-2-4-6-16)26-20(31)17-11-13-30(14-12-17)24(33)23-29-28-22(34-23)21(32)27-19-9-7-18(25)8-10-19/h2-10,15,17H,11-14H2,1H3,(H,26,31)(H,27,32)/t15-/m0/s1. The Labute approximate surface area is 200 Å². The quantitative estimate of drug-likeness (QED) is 0.559. The van der Waals surface area contributed by atoms with Gasteiger partial charge in [0.15, 0.2) is 0 Å². The molecule has 2 heterocycles. The Balaban J connectivity index is 1.29. The monoisotopic (exact) mass is 481 g/mol. The highest BCUT2D eigenvalue weighted by Gasteiger charge is 2.30. The molecule has 3 amide bonds. The van der Waals surface area contributed by atoms with Gasteiger partial charge in [-0.15, -0.1) is 10.2 Å². The van der Waals surface area contributed by atoms with E-state index in [0.717, 1.165) is 16.9 Å². The number of carbonyl (C=O) groups is 3. The molecule has 10 heteroatoms. The second-order valence-electron chi connectivity index (χ2n) is 8.08. The molecule has 4 rings (SSSR count). The van der Waals surface area contributed by atoms with Crippen LogP contribution in [-0.4, -0.2) is 45.9 Å². The van der Waals surface area contributed by atoms with Crippen molar-refractivity contribution < 1.29 is 18.8 Å². The summed E-state index contributed by atoms with van der Waals surface area (Å²) in [7, 11) is 0. The van der Waals surface area contributed by atoms with E-state index in [0.29, 0.717) is 31.6 Å². The van der Waals surface area contributed by atoms with Crippen LogP contribution >= 0.6 is 11.3 Å². The molecule has 0 unspecified atom stereocenters. The third-order valence-electron chi connectivity index (χ3n) is 5.72. The Morgan fingerprint density at radius 1 is 1.00 bits per heavy atom. The highest BCUT2D eigenvalue weighted by molar-refractivity contribution is 7.15. The second kappa shape index (κ2) is 10.5. The molecule has 2 N–H and O–H groups in total. The Morgan fingerprint density at radius 3 is 2.32 bits per heavy atom. The average molecular weight is 482 g/mol. The molecule has 0 spiro atoms. The molecule has 1 aliphatic rings. The molecule has 8 nitrogen and oxygen atoms in total. The lowest BCUT2D eigenvalue weighted by atomic mass is 9.95.